The number of aromatic amines is 1. The Morgan fingerprint density at radius 3 is 3.04 bits per heavy atom. The van der Waals surface area contributed by atoms with Gasteiger partial charge in [-0.3, -0.25) is 4.79 Å². The largest absolute Gasteiger partial charge is 0.454 e. The van der Waals surface area contributed by atoms with Crippen LogP contribution in [0.5, 0.6) is 0 Å². The molecule has 0 radical (unpaired) electrons. The minimum atomic E-state index is -0.464. The molecule has 0 aliphatic heterocycles. The first-order chi connectivity index (χ1) is 11.2. The van der Waals surface area contributed by atoms with Crippen molar-refractivity contribution in [3.05, 3.63) is 56.9 Å². The average Bonchev–Trinajstić information content (AvgIpc) is 3.20. The molecule has 3 heterocycles. The molecule has 0 spiro atoms. The molecule has 4 aromatic rings. The van der Waals surface area contributed by atoms with Crippen molar-refractivity contribution in [3.63, 3.8) is 0 Å². The lowest BCUT2D eigenvalue weighted by Gasteiger charge is -2.04. The molecule has 1 N–H and O–H groups in total. The molecule has 23 heavy (non-hydrogen) atoms. The van der Waals surface area contributed by atoms with Crippen molar-refractivity contribution in [2.24, 2.45) is 0 Å². The highest BCUT2D eigenvalue weighted by atomic mass is 32.1. The number of fused-ring (bicyclic) bond motifs is 2. The van der Waals surface area contributed by atoms with E-state index in [0.29, 0.717) is 21.6 Å². The molecule has 6 nitrogen and oxygen atoms in total. The molecule has 3 aromatic heterocycles. The molecule has 0 fully saturated rings. The third kappa shape index (κ3) is 2.62. The second-order valence-electron chi connectivity index (χ2n) is 4.76. The van der Waals surface area contributed by atoms with Crippen LogP contribution < -0.4 is 5.56 Å². The van der Waals surface area contributed by atoms with E-state index in [-0.39, 0.29) is 12.2 Å². The normalized spacial score (nSPS) is 11.1. The van der Waals surface area contributed by atoms with E-state index in [9.17, 15) is 9.59 Å². The van der Waals surface area contributed by atoms with Crippen molar-refractivity contribution in [2.75, 3.05) is 0 Å². The van der Waals surface area contributed by atoms with Gasteiger partial charge in [0.1, 0.15) is 17.1 Å². The third-order valence-corrected chi connectivity index (χ3v) is 4.97. The Hall–Kier alpha value is -2.58. The number of esters is 1. The number of rotatable bonds is 3. The molecular formula is C15H9N3O3S2. The van der Waals surface area contributed by atoms with Crippen molar-refractivity contribution in [1.29, 1.82) is 0 Å². The van der Waals surface area contributed by atoms with Crippen molar-refractivity contribution >= 4 is 49.1 Å². The number of thiazole rings is 1. The number of H-pyrrole nitrogens is 1. The zero-order valence-electron chi connectivity index (χ0n) is 11.6. The van der Waals surface area contributed by atoms with E-state index in [2.05, 4.69) is 15.0 Å². The van der Waals surface area contributed by atoms with Gasteiger partial charge in [-0.05, 0) is 29.6 Å². The number of thiophene rings is 1. The van der Waals surface area contributed by atoms with Crippen molar-refractivity contribution in [1.82, 2.24) is 15.0 Å². The van der Waals surface area contributed by atoms with Crippen molar-refractivity contribution in [2.45, 2.75) is 6.61 Å². The number of hydrogen-bond acceptors (Lipinski definition) is 7. The first kappa shape index (κ1) is 14.0. The SMILES string of the molecule is O=C(OCc1nc2ccsc2c(=O)[nH]1)c1ccc2ncsc2c1. The van der Waals surface area contributed by atoms with Gasteiger partial charge < -0.3 is 9.72 Å². The molecule has 114 valence electrons. The highest BCUT2D eigenvalue weighted by Gasteiger charge is 2.11. The predicted molar refractivity (Wildman–Crippen MR) is 89.0 cm³/mol. The smallest absolute Gasteiger partial charge is 0.338 e. The number of hydrogen-bond donors (Lipinski definition) is 1. The lowest BCUT2D eigenvalue weighted by Crippen LogP contribution is -2.13. The zero-order chi connectivity index (χ0) is 15.8. The number of nitrogens with one attached hydrogen (secondary N) is 1. The van der Waals surface area contributed by atoms with Gasteiger partial charge in [0.05, 0.1) is 26.8 Å². The van der Waals surface area contributed by atoms with Gasteiger partial charge >= 0.3 is 5.97 Å². The summed E-state index contributed by atoms with van der Waals surface area (Å²) in [6.45, 7) is -0.0828. The molecule has 0 unspecified atom stereocenters. The molecule has 1 aromatic carbocycles. The quantitative estimate of drug-likeness (QED) is 0.578. The van der Waals surface area contributed by atoms with Crippen LogP contribution in [0.3, 0.4) is 0 Å². The Labute approximate surface area is 137 Å². The summed E-state index contributed by atoms with van der Waals surface area (Å²) in [5, 5.41) is 1.80. The van der Waals surface area contributed by atoms with Gasteiger partial charge in [-0.1, -0.05) is 0 Å². The van der Waals surface area contributed by atoms with Crippen molar-refractivity contribution < 1.29 is 9.53 Å². The average molecular weight is 343 g/mol. The molecule has 0 bridgehead atoms. The third-order valence-electron chi connectivity index (χ3n) is 3.27. The molecule has 4 rings (SSSR count). The Morgan fingerprint density at radius 2 is 2.13 bits per heavy atom. The summed E-state index contributed by atoms with van der Waals surface area (Å²) in [4.78, 5) is 35.1. The van der Waals surface area contributed by atoms with Crippen LogP contribution in [0.4, 0.5) is 0 Å². The maximum absolute atomic E-state index is 12.1. The monoisotopic (exact) mass is 343 g/mol. The number of carbonyl (C=O) groups excluding carboxylic acids is 1. The zero-order valence-corrected chi connectivity index (χ0v) is 13.2. The molecule has 0 aliphatic carbocycles. The molecule has 0 aliphatic rings. The van der Waals surface area contributed by atoms with E-state index >= 15 is 0 Å². The molecule has 0 amide bonds. The Morgan fingerprint density at radius 1 is 1.22 bits per heavy atom. The van der Waals surface area contributed by atoms with Gasteiger partial charge in [-0.25, -0.2) is 14.8 Å². The van der Waals surface area contributed by atoms with Crippen LogP contribution in [0.1, 0.15) is 16.2 Å². The number of carbonyl (C=O) groups is 1. The van der Waals surface area contributed by atoms with Crippen LogP contribution in [0.2, 0.25) is 0 Å². The highest BCUT2D eigenvalue weighted by Crippen LogP contribution is 2.20. The predicted octanol–water partition coefficient (Wildman–Crippen LogP) is 2.95. The molecular weight excluding hydrogens is 334 g/mol. The maximum atomic E-state index is 12.1. The van der Waals surface area contributed by atoms with Gasteiger partial charge in [0.25, 0.3) is 5.56 Å². The summed E-state index contributed by atoms with van der Waals surface area (Å²) >= 11 is 2.79. The van der Waals surface area contributed by atoms with Gasteiger partial charge in [0.2, 0.25) is 0 Å². The van der Waals surface area contributed by atoms with Gasteiger partial charge in [-0.15, -0.1) is 22.7 Å². The topological polar surface area (TPSA) is 84.9 Å². The van der Waals surface area contributed by atoms with Crippen LogP contribution in [0.15, 0.2) is 40.0 Å². The van der Waals surface area contributed by atoms with Gasteiger partial charge in [0, 0.05) is 0 Å². The second kappa shape index (κ2) is 5.56. The van der Waals surface area contributed by atoms with Gasteiger partial charge in [0.15, 0.2) is 0 Å². The molecule has 8 heteroatoms. The van der Waals surface area contributed by atoms with E-state index in [1.807, 2.05) is 0 Å². The first-order valence-corrected chi connectivity index (χ1v) is 8.43. The van der Waals surface area contributed by atoms with E-state index in [1.165, 1.54) is 22.7 Å². The summed E-state index contributed by atoms with van der Waals surface area (Å²) in [5.74, 6) is -0.138. The number of ether oxygens (including phenoxy) is 1. The standard InChI is InChI=1S/C15H9N3O3S2/c19-14-13-10(3-4-22-13)17-12(18-14)6-21-15(20)8-1-2-9-11(5-8)23-7-16-9/h1-5,7H,6H2,(H,17,18,19). The van der Waals surface area contributed by atoms with E-state index in [1.54, 1.807) is 35.2 Å². The summed E-state index contributed by atoms with van der Waals surface area (Å²) in [7, 11) is 0. The molecule has 0 atom stereocenters. The van der Waals surface area contributed by atoms with E-state index < -0.39 is 5.97 Å². The first-order valence-electron chi connectivity index (χ1n) is 6.67. The minimum absolute atomic E-state index is 0.0828. The Bertz CT molecular complexity index is 1080. The fourth-order valence-electron chi connectivity index (χ4n) is 2.19. The summed E-state index contributed by atoms with van der Waals surface area (Å²) in [5.41, 5.74) is 3.41. The van der Waals surface area contributed by atoms with Crippen LogP contribution in [0.25, 0.3) is 20.4 Å². The summed E-state index contributed by atoms with van der Waals surface area (Å²) in [6, 6.07) is 6.95. The fourth-order valence-corrected chi connectivity index (χ4v) is 3.63. The summed E-state index contributed by atoms with van der Waals surface area (Å²) < 4.78 is 6.72. The van der Waals surface area contributed by atoms with Crippen molar-refractivity contribution in [3.8, 4) is 0 Å². The van der Waals surface area contributed by atoms with E-state index in [0.717, 1.165) is 10.2 Å². The van der Waals surface area contributed by atoms with E-state index in [4.69, 9.17) is 4.74 Å². The van der Waals surface area contributed by atoms with Crippen LogP contribution in [-0.2, 0) is 11.3 Å². The minimum Gasteiger partial charge on any atom is -0.454 e. The molecule has 0 saturated carbocycles. The number of nitrogens with zero attached hydrogens (tertiary/aromatic N) is 2. The van der Waals surface area contributed by atoms with Crippen LogP contribution in [-0.4, -0.2) is 20.9 Å². The highest BCUT2D eigenvalue weighted by molar-refractivity contribution is 7.17. The Balaban J connectivity index is 1.54. The lowest BCUT2D eigenvalue weighted by molar-refractivity contribution is 0.0462. The number of benzene rings is 1. The van der Waals surface area contributed by atoms with Crippen LogP contribution in [0, 0.1) is 0 Å². The maximum Gasteiger partial charge on any atom is 0.338 e. The fraction of sp³-hybridized carbons (Fsp3) is 0.0667. The second-order valence-corrected chi connectivity index (χ2v) is 6.56. The van der Waals surface area contributed by atoms with Crippen LogP contribution >= 0.6 is 22.7 Å². The molecule has 0 saturated heterocycles. The summed E-state index contributed by atoms with van der Waals surface area (Å²) in [6.07, 6.45) is 0. The van der Waals surface area contributed by atoms with Gasteiger partial charge in [-0.2, -0.15) is 0 Å². The number of aromatic nitrogens is 3. The Kier molecular flexibility index (Phi) is 3.40. The lowest BCUT2D eigenvalue weighted by atomic mass is 10.2.